The number of carbonyl (C=O) groups excluding carboxylic acids is 1. The van der Waals surface area contributed by atoms with E-state index >= 15 is 0 Å². The van der Waals surface area contributed by atoms with Gasteiger partial charge in [0.25, 0.3) is 0 Å². The molecule has 1 amide bonds. The normalized spacial score (nSPS) is 21.1. The molecule has 0 aromatic heterocycles. The van der Waals surface area contributed by atoms with Gasteiger partial charge in [-0.05, 0) is 46.5 Å². The van der Waals surface area contributed by atoms with E-state index in [1.807, 2.05) is 25.7 Å². The number of rotatable bonds is 4. The van der Waals surface area contributed by atoms with Crippen LogP contribution in [-0.2, 0) is 4.74 Å². The van der Waals surface area contributed by atoms with Gasteiger partial charge in [0.1, 0.15) is 5.60 Å². The van der Waals surface area contributed by atoms with Crippen molar-refractivity contribution in [2.24, 2.45) is 0 Å². The molecular weight excluding hydrogens is 252 g/mol. The summed E-state index contributed by atoms with van der Waals surface area (Å²) >= 11 is 0. The van der Waals surface area contributed by atoms with Gasteiger partial charge < -0.3 is 15.0 Å². The number of carbonyl (C=O) groups is 1. The first-order chi connectivity index (χ1) is 9.37. The number of nitrogens with one attached hydrogen (secondary N) is 1. The Balaban J connectivity index is 2.58. The molecule has 20 heavy (non-hydrogen) atoms. The number of hydrogen-bond donors (Lipinski definition) is 1. The summed E-state index contributed by atoms with van der Waals surface area (Å²) in [4.78, 5) is 14.1. The molecule has 0 saturated carbocycles. The zero-order chi connectivity index (χ0) is 15.2. The molecule has 0 radical (unpaired) electrons. The molecule has 1 aliphatic rings. The van der Waals surface area contributed by atoms with Gasteiger partial charge in [-0.15, -0.1) is 6.42 Å². The second-order valence-corrected chi connectivity index (χ2v) is 6.36. The lowest BCUT2D eigenvalue weighted by Gasteiger charge is -2.37. The van der Waals surface area contributed by atoms with Crippen LogP contribution in [0.4, 0.5) is 4.79 Å². The Kier molecular flexibility index (Phi) is 6.35. The van der Waals surface area contributed by atoms with Gasteiger partial charge in [0.15, 0.2) is 0 Å². The Hall–Kier alpha value is -1.21. The molecule has 4 heteroatoms. The van der Waals surface area contributed by atoms with Crippen LogP contribution >= 0.6 is 0 Å². The van der Waals surface area contributed by atoms with Crippen LogP contribution in [0.1, 0.15) is 53.4 Å². The van der Waals surface area contributed by atoms with Gasteiger partial charge in [0, 0.05) is 19.1 Å². The van der Waals surface area contributed by atoms with Gasteiger partial charge >= 0.3 is 6.09 Å². The summed E-state index contributed by atoms with van der Waals surface area (Å²) in [7, 11) is 0. The summed E-state index contributed by atoms with van der Waals surface area (Å²) in [5.74, 6) is 2.73. The van der Waals surface area contributed by atoms with Crippen molar-refractivity contribution < 1.29 is 9.53 Å². The van der Waals surface area contributed by atoms with Crippen molar-refractivity contribution in [2.75, 3.05) is 13.1 Å². The SMILES string of the molecule is C#CC(CC)NCC1CCCCN1C(=O)OC(C)(C)C. The van der Waals surface area contributed by atoms with Crippen molar-refractivity contribution in [1.82, 2.24) is 10.2 Å². The molecule has 2 atom stereocenters. The molecule has 0 aromatic carbocycles. The molecule has 1 saturated heterocycles. The fraction of sp³-hybridized carbons (Fsp3) is 0.812. The van der Waals surface area contributed by atoms with E-state index in [9.17, 15) is 4.79 Å². The Morgan fingerprint density at radius 2 is 2.20 bits per heavy atom. The van der Waals surface area contributed by atoms with E-state index in [-0.39, 0.29) is 18.2 Å². The van der Waals surface area contributed by atoms with Crippen molar-refractivity contribution >= 4 is 6.09 Å². The average Bonchev–Trinajstić information content (AvgIpc) is 2.38. The third kappa shape index (κ3) is 5.42. The predicted molar refractivity (Wildman–Crippen MR) is 81.5 cm³/mol. The lowest BCUT2D eigenvalue weighted by Crippen LogP contribution is -2.51. The number of terminal acetylenes is 1. The Morgan fingerprint density at radius 3 is 2.75 bits per heavy atom. The van der Waals surface area contributed by atoms with Crippen molar-refractivity contribution in [1.29, 1.82) is 0 Å². The first kappa shape index (κ1) is 16.8. The Morgan fingerprint density at radius 1 is 1.50 bits per heavy atom. The van der Waals surface area contributed by atoms with Crippen LogP contribution in [-0.4, -0.2) is 41.8 Å². The maximum Gasteiger partial charge on any atom is 0.410 e. The highest BCUT2D eigenvalue weighted by Crippen LogP contribution is 2.20. The van der Waals surface area contributed by atoms with E-state index in [1.165, 1.54) is 0 Å². The molecule has 0 aromatic rings. The van der Waals surface area contributed by atoms with Gasteiger partial charge in [0.2, 0.25) is 0 Å². The zero-order valence-corrected chi connectivity index (χ0v) is 13.2. The van der Waals surface area contributed by atoms with Gasteiger partial charge in [-0.3, -0.25) is 0 Å². The van der Waals surface area contributed by atoms with Crippen LogP contribution in [0, 0.1) is 12.3 Å². The number of amides is 1. The summed E-state index contributed by atoms with van der Waals surface area (Å²) in [5.41, 5.74) is -0.447. The zero-order valence-electron chi connectivity index (χ0n) is 13.2. The van der Waals surface area contributed by atoms with Gasteiger partial charge in [0.05, 0.1) is 6.04 Å². The predicted octanol–water partition coefficient (Wildman–Crippen LogP) is 2.78. The van der Waals surface area contributed by atoms with Crippen LogP contribution in [0.3, 0.4) is 0 Å². The summed E-state index contributed by atoms with van der Waals surface area (Å²) in [6.07, 6.45) is 9.35. The molecule has 114 valence electrons. The van der Waals surface area contributed by atoms with E-state index in [0.717, 1.165) is 38.8 Å². The fourth-order valence-corrected chi connectivity index (χ4v) is 2.37. The van der Waals surface area contributed by atoms with Crippen LogP contribution < -0.4 is 5.32 Å². The minimum atomic E-state index is -0.447. The number of piperidine rings is 1. The highest BCUT2D eigenvalue weighted by Gasteiger charge is 2.30. The average molecular weight is 280 g/mol. The molecule has 1 rings (SSSR count). The van der Waals surface area contributed by atoms with E-state index in [2.05, 4.69) is 18.2 Å². The van der Waals surface area contributed by atoms with Crippen LogP contribution in [0.2, 0.25) is 0 Å². The standard InChI is InChI=1S/C16H28N2O2/c1-6-13(7-2)17-12-14-10-8-9-11-18(14)15(19)20-16(3,4)5/h1,13-14,17H,7-12H2,2-5H3. The van der Waals surface area contributed by atoms with Crippen LogP contribution in [0.5, 0.6) is 0 Å². The monoisotopic (exact) mass is 280 g/mol. The van der Waals surface area contributed by atoms with Gasteiger partial charge in [-0.2, -0.15) is 0 Å². The highest BCUT2D eigenvalue weighted by molar-refractivity contribution is 5.68. The quantitative estimate of drug-likeness (QED) is 0.805. The number of ether oxygens (including phenoxy) is 1. The molecule has 2 unspecified atom stereocenters. The number of nitrogens with zero attached hydrogens (tertiary/aromatic N) is 1. The summed E-state index contributed by atoms with van der Waals surface area (Å²) in [5, 5.41) is 3.35. The summed E-state index contributed by atoms with van der Waals surface area (Å²) in [6, 6.07) is 0.262. The fourth-order valence-electron chi connectivity index (χ4n) is 2.37. The van der Waals surface area contributed by atoms with E-state index in [1.54, 1.807) is 0 Å². The molecule has 1 fully saturated rings. The number of hydrogen-bond acceptors (Lipinski definition) is 3. The van der Waals surface area contributed by atoms with E-state index in [0.29, 0.717) is 0 Å². The molecular formula is C16H28N2O2. The van der Waals surface area contributed by atoms with Crippen LogP contribution in [0.25, 0.3) is 0 Å². The second kappa shape index (κ2) is 7.54. The van der Waals surface area contributed by atoms with E-state index in [4.69, 9.17) is 11.2 Å². The lowest BCUT2D eigenvalue weighted by atomic mass is 10.0. The van der Waals surface area contributed by atoms with Crippen molar-refractivity contribution in [3.63, 3.8) is 0 Å². The molecule has 0 aliphatic carbocycles. The Bertz CT molecular complexity index is 354. The van der Waals surface area contributed by atoms with Gasteiger partial charge in [-0.1, -0.05) is 12.8 Å². The minimum absolute atomic E-state index is 0.0809. The third-order valence-corrected chi connectivity index (χ3v) is 3.46. The first-order valence-corrected chi connectivity index (χ1v) is 7.56. The minimum Gasteiger partial charge on any atom is -0.444 e. The molecule has 4 nitrogen and oxygen atoms in total. The lowest BCUT2D eigenvalue weighted by molar-refractivity contribution is 0.00981. The summed E-state index contributed by atoms with van der Waals surface area (Å²) < 4.78 is 5.49. The first-order valence-electron chi connectivity index (χ1n) is 7.56. The highest BCUT2D eigenvalue weighted by atomic mass is 16.6. The van der Waals surface area contributed by atoms with Crippen molar-refractivity contribution in [2.45, 2.75) is 71.1 Å². The van der Waals surface area contributed by atoms with Crippen molar-refractivity contribution in [3.8, 4) is 12.3 Å². The molecule has 1 aliphatic heterocycles. The molecule has 1 heterocycles. The third-order valence-electron chi connectivity index (χ3n) is 3.46. The molecule has 1 N–H and O–H groups in total. The largest absolute Gasteiger partial charge is 0.444 e. The topological polar surface area (TPSA) is 41.6 Å². The van der Waals surface area contributed by atoms with Gasteiger partial charge in [-0.25, -0.2) is 4.79 Å². The van der Waals surface area contributed by atoms with Crippen LogP contribution in [0.15, 0.2) is 0 Å². The summed E-state index contributed by atoms with van der Waals surface area (Å²) in [6.45, 7) is 9.26. The Labute approximate surface area is 123 Å². The molecule has 0 bridgehead atoms. The number of likely N-dealkylation sites (tertiary alicyclic amines) is 1. The second-order valence-electron chi connectivity index (χ2n) is 6.36. The maximum absolute atomic E-state index is 12.2. The van der Waals surface area contributed by atoms with Crippen molar-refractivity contribution in [3.05, 3.63) is 0 Å². The smallest absolute Gasteiger partial charge is 0.410 e. The van der Waals surface area contributed by atoms with E-state index < -0.39 is 5.60 Å². The molecule has 0 spiro atoms. The maximum atomic E-state index is 12.2.